The summed E-state index contributed by atoms with van der Waals surface area (Å²) in [6.07, 6.45) is -1.31. The van der Waals surface area contributed by atoms with E-state index in [2.05, 4.69) is 5.32 Å². The number of amides is 1. The third kappa shape index (κ3) is 3.59. The van der Waals surface area contributed by atoms with Crippen LogP contribution in [0.2, 0.25) is 0 Å². The van der Waals surface area contributed by atoms with Crippen LogP contribution in [0.15, 0.2) is 30.3 Å². The Morgan fingerprint density at radius 3 is 2.53 bits per heavy atom. The van der Waals surface area contributed by atoms with E-state index in [1.807, 2.05) is 0 Å². The van der Waals surface area contributed by atoms with Gasteiger partial charge in [-0.25, -0.2) is 0 Å². The standard InChI is InChI=1S/C14H14F3NO/c1-9(8-13(19)18-10-6-7-10)11-4-2-3-5-12(11)14(15,16)17/h2-5,8,10H,6-7H2,1H3,(H,18,19)/b9-8+. The normalized spacial score (nSPS) is 16.3. The maximum Gasteiger partial charge on any atom is 0.416 e. The van der Waals surface area contributed by atoms with Gasteiger partial charge in [-0.05, 0) is 37.0 Å². The lowest BCUT2D eigenvalue weighted by Crippen LogP contribution is -2.23. The minimum absolute atomic E-state index is 0.0425. The Morgan fingerprint density at radius 1 is 1.32 bits per heavy atom. The van der Waals surface area contributed by atoms with Gasteiger partial charge >= 0.3 is 6.18 Å². The molecule has 1 aliphatic carbocycles. The van der Waals surface area contributed by atoms with Gasteiger partial charge in [0.25, 0.3) is 0 Å². The highest BCUT2D eigenvalue weighted by atomic mass is 19.4. The lowest BCUT2D eigenvalue weighted by atomic mass is 10.00. The fourth-order valence-electron chi connectivity index (χ4n) is 1.82. The molecule has 0 aromatic heterocycles. The summed E-state index contributed by atoms with van der Waals surface area (Å²) in [5.41, 5.74) is -0.366. The summed E-state index contributed by atoms with van der Waals surface area (Å²) in [6, 6.07) is 5.45. The summed E-state index contributed by atoms with van der Waals surface area (Å²) >= 11 is 0. The number of benzene rings is 1. The largest absolute Gasteiger partial charge is 0.416 e. The molecular formula is C14H14F3NO. The molecule has 0 heterocycles. The molecule has 0 atom stereocenters. The molecule has 1 aromatic carbocycles. The molecule has 5 heteroatoms. The van der Waals surface area contributed by atoms with E-state index in [0.29, 0.717) is 5.57 Å². The zero-order valence-electron chi connectivity index (χ0n) is 10.4. The second kappa shape index (κ2) is 5.07. The summed E-state index contributed by atoms with van der Waals surface area (Å²) in [5.74, 6) is -0.336. The first-order chi connectivity index (χ1) is 8.88. The SMILES string of the molecule is C/C(=C\C(=O)NC1CC1)c1ccccc1C(F)(F)F. The molecule has 0 unspecified atom stereocenters. The molecule has 1 amide bonds. The Kier molecular flexibility index (Phi) is 3.64. The van der Waals surface area contributed by atoms with E-state index in [0.717, 1.165) is 18.9 Å². The van der Waals surface area contributed by atoms with Crippen molar-refractivity contribution < 1.29 is 18.0 Å². The number of nitrogens with one attached hydrogen (secondary N) is 1. The van der Waals surface area contributed by atoms with Crippen LogP contribution < -0.4 is 5.32 Å². The van der Waals surface area contributed by atoms with Gasteiger partial charge in [0, 0.05) is 12.1 Å². The summed E-state index contributed by atoms with van der Waals surface area (Å²) < 4.78 is 38.5. The van der Waals surface area contributed by atoms with Crippen LogP contribution in [0.1, 0.15) is 30.9 Å². The molecule has 1 fully saturated rings. The summed E-state index contributed by atoms with van der Waals surface area (Å²) in [5, 5.41) is 2.72. The third-order valence-corrected chi connectivity index (χ3v) is 2.93. The lowest BCUT2D eigenvalue weighted by molar-refractivity contribution is -0.137. The van der Waals surface area contributed by atoms with Gasteiger partial charge in [0.2, 0.25) is 5.91 Å². The van der Waals surface area contributed by atoms with Gasteiger partial charge in [-0.15, -0.1) is 0 Å². The lowest BCUT2D eigenvalue weighted by Gasteiger charge is -2.12. The average Bonchev–Trinajstić information content (AvgIpc) is 3.11. The van der Waals surface area contributed by atoms with E-state index in [1.54, 1.807) is 0 Å². The third-order valence-electron chi connectivity index (χ3n) is 2.93. The average molecular weight is 269 g/mol. The molecule has 0 saturated heterocycles. The van der Waals surface area contributed by atoms with Gasteiger partial charge in [-0.3, -0.25) is 4.79 Å². The quantitative estimate of drug-likeness (QED) is 0.837. The second-order valence-electron chi connectivity index (χ2n) is 4.65. The van der Waals surface area contributed by atoms with Gasteiger partial charge in [0.1, 0.15) is 0 Å². The fraction of sp³-hybridized carbons (Fsp3) is 0.357. The van der Waals surface area contributed by atoms with Crippen LogP contribution in [-0.2, 0) is 11.0 Å². The Hall–Kier alpha value is -1.78. The predicted octanol–water partition coefficient (Wildman–Crippen LogP) is 3.39. The van der Waals surface area contributed by atoms with Crippen LogP contribution in [-0.4, -0.2) is 11.9 Å². The fourth-order valence-corrected chi connectivity index (χ4v) is 1.82. The zero-order valence-corrected chi connectivity index (χ0v) is 10.4. The summed E-state index contributed by atoms with van der Waals surface area (Å²) in [6.45, 7) is 1.51. The van der Waals surface area contributed by atoms with Crippen LogP contribution in [0.4, 0.5) is 13.2 Å². The van der Waals surface area contributed by atoms with Crippen molar-refractivity contribution >= 4 is 11.5 Å². The number of carbonyl (C=O) groups excluding carboxylic acids is 1. The second-order valence-corrected chi connectivity index (χ2v) is 4.65. The molecular weight excluding hydrogens is 255 g/mol. The predicted molar refractivity (Wildman–Crippen MR) is 66.3 cm³/mol. The van der Waals surface area contributed by atoms with Crippen molar-refractivity contribution in [1.82, 2.24) is 5.32 Å². The molecule has 102 valence electrons. The van der Waals surface area contributed by atoms with Crippen molar-refractivity contribution in [3.8, 4) is 0 Å². The number of halogens is 3. The van der Waals surface area contributed by atoms with E-state index in [9.17, 15) is 18.0 Å². The number of allylic oxidation sites excluding steroid dienone is 1. The molecule has 1 aromatic rings. The number of rotatable bonds is 3. The van der Waals surface area contributed by atoms with E-state index in [-0.39, 0.29) is 17.5 Å². The van der Waals surface area contributed by atoms with E-state index < -0.39 is 11.7 Å². The molecule has 19 heavy (non-hydrogen) atoms. The van der Waals surface area contributed by atoms with E-state index >= 15 is 0 Å². The summed E-state index contributed by atoms with van der Waals surface area (Å²) in [7, 11) is 0. The molecule has 2 nitrogen and oxygen atoms in total. The van der Waals surface area contributed by atoms with Crippen LogP contribution in [0.3, 0.4) is 0 Å². The molecule has 0 bridgehead atoms. The number of alkyl halides is 3. The van der Waals surface area contributed by atoms with Gasteiger partial charge in [-0.1, -0.05) is 18.2 Å². The highest BCUT2D eigenvalue weighted by Gasteiger charge is 2.33. The number of hydrogen-bond donors (Lipinski definition) is 1. The van der Waals surface area contributed by atoms with Crippen molar-refractivity contribution in [2.24, 2.45) is 0 Å². The zero-order chi connectivity index (χ0) is 14.0. The molecule has 0 aliphatic heterocycles. The molecule has 1 N–H and O–H groups in total. The van der Waals surface area contributed by atoms with E-state index in [1.165, 1.54) is 31.2 Å². The van der Waals surface area contributed by atoms with Crippen molar-refractivity contribution in [2.75, 3.05) is 0 Å². The maximum absolute atomic E-state index is 12.8. The van der Waals surface area contributed by atoms with Gasteiger partial charge in [0.05, 0.1) is 5.56 Å². The van der Waals surface area contributed by atoms with Gasteiger partial charge < -0.3 is 5.32 Å². The minimum Gasteiger partial charge on any atom is -0.350 e. The molecule has 1 aliphatic rings. The molecule has 0 radical (unpaired) electrons. The first-order valence-corrected chi connectivity index (χ1v) is 6.03. The van der Waals surface area contributed by atoms with Crippen LogP contribution in [0.5, 0.6) is 0 Å². The Balaban J connectivity index is 2.24. The monoisotopic (exact) mass is 269 g/mol. The Bertz CT molecular complexity index is 516. The van der Waals surface area contributed by atoms with Crippen molar-refractivity contribution in [3.63, 3.8) is 0 Å². The Labute approximate surface area is 109 Å². The minimum atomic E-state index is -4.42. The van der Waals surface area contributed by atoms with Crippen molar-refractivity contribution in [1.29, 1.82) is 0 Å². The molecule has 0 spiro atoms. The first kappa shape index (κ1) is 13.6. The van der Waals surface area contributed by atoms with E-state index in [4.69, 9.17) is 0 Å². The highest BCUT2D eigenvalue weighted by Crippen LogP contribution is 2.34. The Morgan fingerprint density at radius 2 is 1.95 bits per heavy atom. The van der Waals surface area contributed by atoms with Crippen molar-refractivity contribution in [2.45, 2.75) is 32.0 Å². The first-order valence-electron chi connectivity index (χ1n) is 6.03. The van der Waals surface area contributed by atoms with Crippen LogP contribution in [0.25, 0.3) is 5.57 Å². The topological polar surface area (TPSA) is 29.1 Å². The van der Waals surface area contributed by atoms with Crippen molar-refractivity contribution in [3.05, 3.63) is 41.5 Å². The summed E-state index contributed by atoms with van der Waals surface area (Å²) in [4.78, 5) is 11.6. The smallest absolute Gasteiger partial charge is 0.350 e. The molecule has 1 saturated carbocycles. The van der Waals surface area contributed by atoms with Crippen LogP contribution in [0, 0.1) is 0 Å². The van der Waals surface area contributed by atoms with Gasteiger partial charge in [0.15, 0.2) is 0 Å². The van der Waals surface area contributed by atoms with Gasteiger partial charge in [-0.2, -0.15) is 13.2 Å². The maximum atomic E-state index is 12.8. The molecule has 2 rings (SSSR count). The number of hydrogen-bond acceptors (Lipinski definition) is 1. The van der Waals surface area contributed by atoms with Crippen LogP contribution >= 0.6 is 0 Å². The highest BCUT2D eigenvalue weighted by molar-refractivity contribution is 5.95. The number of carbonyl (C=O) groups is 1.